The van der Waals surface area contributed by atoms with Crippen molar-refractivity contribution >= 4 is 39.1 Å². The van der Waals surface area contributed by atoms with Crippen molar-refractivity contribution in [1.82, 2.24) is 15.0 Å². The minimum absolute atomic E-state index is 0.0974. The highest BCUT2D eigenvalue weighted by molar-refractivity contribution is 9.10. The van der Waals surface area contributed by atoms with Crippen molar-refractivity contribution < 1.29 is 9.84 Å². The zero-order chi connectivity index (χ0) is 19.3. The van der Waals surface area contributed by atoms with Crippen LogP contribution >= 0.6 is 15.9 Å². The van der Waals surface area contributed by atoms with E-state index in [4.69, 9.17) is 4.74 Å². The summed E-state index contributed by atoms with van der Waals surface area (Å²) >= 11 is 3.57. The molecule has 0 saturated heterocycles. The Bertz CT molecular complexity index is 806. The summed E-state index contributed by atoms with van der Waals surface area (Å²) in [6, 6.07) is 3.80. The van der Waals surface area contributed by atoms with Crippen LogP contribution in [0.3, 0.4) is 0 Å². The van der Waals surface area contributed by atoms with Crippen LogP contribution in [0, 0.1) is 5.41 Å². The summed E-state index contributed by atoms with van der Waals surface area (Å²) in [5.74, 6) is 1.04. The number of hydrogen-bond acceptors (Lipinski definition) is 6. The maximum atomic E-state index is 9.68. The van der Waals surface area contributed by atoms with Crippen molar-refractivity contribution in [2.45, 2.75) is 46.8 Å². The Morgan fingerprint density at radius 3 is 2.77 bits per heavy atom. The van der Waals surface area contributed by atoms with Gasteiger partial charge in [-0.05, 0) is 40.4 Å². The number of rotatable bonds is 6. The summed E-state index contributed by atoms with van der Waals surface area (Å²) in [5, 5.41) is 18.2. The predicted molar refractivity (Wildman–Crippen MR) is 108 cm³/mol. The summed E-state index contributed by atoms with van der Waals surface area (Å²) in [5.41, 5.74) is 1.77. The number of aromatic nitrogens is 3. The number of halogens is 1. The molecule has 0 saturated carbocycles. The minimum Gasteiger partial charge on any atom is -0.442 e. The standard InChI is InChI=1S/C18H26BrN5O2/c1-12(25)10-15(21-9-8-20-5)26-14-7-6-13-17(16(14)19)22-23-24(13)11-18(2,3)4/h6-8,12,25H,9-11H2,1-5H3. The van der Waals surface area contributed by atoms with Crippen LogP contribution in [0.2, 0.25) is 0 Å². The maximum absolute atomic E-state index is 9.68. The molecule has 1 atom stereocenters. The number of ether oxygens (including phenoxy) is 1. The van der Waals surface area contributed by atoms with Crippen molar-refractivity contribution in [3.63, 3.8) is 0 Å². The number of hydrogen-bond donors (Lipinski definition) is 1. The van der Waals surface area contributed by atoms with E-state index in [-0.39, 0.29) is 5.41 Å². The lowest BCUT2D eigenvalue weighted by atomic mass is 9.97. The molecule has 0 spiro atoms. The van der Waals surface area contributed by atoms with Gasteiger partial charge in [-0.1, -0.05) is 26.0 Å². The molecular weight excluding hydrogens is 398 g/mol. The number of aliphatic imine (C=N–C) groups is 2. The van der Waals surface area contributed by atoms with E-state index in [0.717, 1.165) is 22.1 Å². The van der Waals surface area contributed by atoms with Crippen LogP contribution in [0.15, 0.2) is 26.6 Å². The molecule has 1 N–H and O–H groups in total. The molecule has 0 radical (unpaired) electrons. The van der Waals surface area contributed by atoms with Crippen molar-refractivity contribution in [3.8, 4) is 5.75 Å². The SMILES string of the molecule is CN=CCN=C(CC(C)O)Oc1ccc2c(nnn2CC(C)(C)C)c1Br. The molecule has 0 aliphatic heterocycles. The van der Waals surface area contributed by atoms with Crippen LogP contribution in [0.4, 0.5) is 0 Å². The average Bonchev–Trinajstić information content (AvgIpc) is 2.91. The predicted octanol–water partition coefficient (Wildman–Crippen LogP) is 3.49. The monoisotopic (exact) mass is 423 g/mol. The van der Waals surface area contributed by atoms with E-state index in [0.29, 0.717) is 24.6 Å². The van der Waals surface area contributed by atoms with Gasteiger partial charge in [-0.3, -0.25) is 4.99 Å². The quantitative estimate of drug-likeness (QED) is 0.568. The van der Waals surface area contributed by atoms with Gasteiger partial charge in [0.2, 0.25) is 0 Å². The molecular formula is C18H26BrN5O2. The Morgan fingerprint density at radius 2 is 2.15 bits per heavy atom. The molecule has 0 bridgehead atoms. The number of aliphatic hydroxyl groups excluding tert-OH is 1. The fourth-order valence-electron chi connectivity index (χ4n) is 2.37. The lowest BCUT2D eigenvalue weighted by molar-refractivity contribution is 0.198. The van der Waals surface area contributed by atoms with Crippen molar-refractivity contribution in [3.05, 3.63) is 16.6 Å². The van der Waals surface area contributed by atoms with Gasteiger partial charge < -0.3 is 9.84 Å². The molecule has 1 aromatic heterocycles. The Hall–Kier alpha value is -1.80. The van der Waals surface area contributed by atoms with Crippen LogP contribution in [0.5, 0.6) is 5.75 Å². The van der Waals surface area contributed by atoms with Gasteiger partial charge in [0.25, 0.3) is 0 Å². The molecule has 0 fully saturated rings. The molecule has 1 unspecified atom stereocenters. The zero-order valence-corrected chi connectivity index (χ0v) is 17.5. The second-order valence-electron chi connectivity index (χ2n) is 7.38. The van der Waals surface area contributed by atoms with Gasteiger partial charge >= 0.3 is 0 Å². The van der Waals surface area contributed by atoms with Gasteiger partial charge in [0, 0.05) is 26.2 Å². The summed E-state index contributed by atoms with van der Waals surface area (Å²) < 4.78 is 8.54. The Balaban J connectivity index is 2.31. The molecule has 1 aromatic carbocycles. The molecule has 8 heteroatoms. The second-order valence-corrected chi connectivity index (χ2v) is 8.18. The molecule has 2 rings (SSSR count). The van der Waals surface area contributed by atoms with Gasteiger partial charge in [-0.2, -0.15) is 0 Å². The van der Waals surface area contributed by atoms with E-state index >= 15 is 0 Å². The first kappa shape index (κ1) is 20.5. The first-order valence-corrected chi connectivity index (χ1v) is 9.32. The van der Waals surface area contributed by atoms with Crippen LogP contribution in [0.1, 0.15) is 34.1 Å². The first-order chi connectivity index (χ1) is 12.2. The normalized spacial score (nSPS) is 14.3. The molecule has 1 heterocycles. The third-order valence-corrected chi connectivity index (χ3v) is 4.21. The molecule has 0 aliphatic carbocycles. The Morgan fingerprint density at radius 1 is 1.42 bits per heavy atom. The lowest BCUT2D eigenvalue weighted by Gasteiger charge is -2.18. The van der Waals surface area contributed by atoms with Crippen molar-refractivity contribution in [2.75, 3.05) is 13.6 Å². The van der Waals surface area contributed by atoms with Crippen LogP contribution < -0.4 is 4.74 Å². The number of benzene rings is 1. The van der Waals surface area contributed by atoms with E-state index in [1.165, 1.54) is 0 Å². The highest BCUT2D eigenvalue weighted by atomic mass is 79.9. The Kier molecular flexibility index (Phi) is 6.88. The second kappa shape index (κ2) is 8.73. The van der Waals surface area contributed by atoms with E-state index < -0.39 is 6.10 Å². The smallest absolute Gasteiger partial charge is 0.193 e. The maximum Gasteiger partial charge on any atom is 0.193 e. The first-order valence-electron chi connectivity index (χ1n) is 8.53. The summed E-state index contributed by atoms with van der Waals surface area (Å²) in [6.07, 6.45) is 1.45. The van der Waals surface area contributed by atoms with Crippen molar-refractivity contribution in [2.24, 2.45) is 15.4 Å². The fraction of sp³-hybridized carbons (Fsp3) is 0.556. The number of aliphatic hydroxyl groups is 1. The lowest BCUT2D eigenvalue weighted by Crippen LogP contribution is -2.17. The van der Waals surface area contributed by atoms with Crippen molar-refractivity contribution in [1.29, 1.82) is 0 Å². The fourth-order valence-corrected chi connectivity index (χ4v) is 2.87. The van der Waals surface area contributed by atoms with Gasteiger partial charge in [-0.15, -0.1) is 5.10 Å². The molecule has 26 heavy (non-hydrogen) atoms. The van der Waals surface area contributed by atoms with Crippen LogP contribution in [0.25, 0.3) is 11.0 Å². The van der Waals surface area contributed by atoms with Crippen LogP contribution in [-0.2, 0) is 6.54 Å². The highest BCUT2D eigenvalue weighted by Crippen LogP contribution is 2.33. The highest BCUT2D eigenvalue weighted by Gasteiger charge is 2.18. The third kappa shape index (κ3) is 5.60. The Labute approximate surface area is 162 Å². The number of nitrogens with zero attached hydrogens (tertiary/aromatic N) is 5. The van der Waals surface area contributed by atoms with Gasteiger partial charge in [0.05, 0.1) is 22.6 Å². The molecule has 7 nitrogen and oxygen atoms in total. The van der Waals surface area contributed by atoms with E-state index in [1.807, 2.05) is 16.8 Å². The van der Waals surface area contributed by atoms with E-state index in [1.54, 1.807) is 20.2 Å². The summed E-state index contributed by atoms with van der Waals surface area (Å²) in [7, 11) is 1.69. The summed E-state index contributed by atoms with van der Waals surface area (Å²) in [6.45, 7) is 9.34. The van der Waals surface area contributed by atoms with E-state index in [9.17, 15) is 5.11 Å². The van der Waals surface area contributed by atoms with E-state index in [2.05, 4.69) is 57.0 Å². The summed E-state index contributed by atoms with van der Waals surface area (Å²) in [4.78, 5) is 8.25. The topological polar surface area (TPSA) is 84.9 Å². The molecule has 142 valence electrons. The van der Waals surface area contributed by atoms with Gasteiger partial charge in [-0.25, -0.2) is 9.67 Å². The zero-order valence-electron chi connectivity index (χ0n) is 15.9. The van der Waals surface area contributed by atoms with Gasteiger partial charge in [0.1, 0.15) is 11.3 Å². The molecule has 0 aliphatic rings. The third-order valence-electron chi connectivity index (χ3n) is 3.44. The molecule has 0 amide bonds. The average molecular weight is 424 g/mol. The number of fused-ring (bicyclic) bond motifs is 1. The van der Waals surface area contributed by atoms with Crippen LogP contribution in [-0.4, -0.2) is 51.9 Å². The minimum atomic E-state index is -0.553. The van der Waals surface area contributed by atoms with Gasteiger partial charge in [0.15, 0.2) is 5.90 Å². The largest absolute Gasteiger partial charge is 0.442 e. The molecule has 2 aromatic rings.